The van der Waals surface area contributed by atoms with Crippen LogP contribution < -0.4 is 5.32 Å². The lowest BCUT2D eigenvalue weighted by Gasteiger charge is -2.35. The van der Waals surface area contributed by atoms with Crippen molar-refractivity contribution in [2.45, 2.75) is 19.4 Å². The van der Waals surface area contributed by atoms with Gasteiger partial charge >= 0.3 is 0 Å². The van der Waals surface area contributed by atoms with E-state index in [-0.39, 0.29) is 17.8 Å². The zero-order chi connectivity index (χ0) is 13.7. The molecule has 0 saturated carbocycles. The van der Waals surface area contributed by atoms with E-state index < -0.39 is 0 Å². The minimum Gasteiger partial charge on any atom is -0.396 e. The highest BCUT2D eigenvalue weighted by Crippen LogP contribution is 2.29. The lowest BCUT2D eigenvalue weighted by Crippen LogP contribution is -2.41. The number of nitrogens with one attached hydrogen (secondary N) is 1. The van der Waals surface area contributed by atoms with E-state index in [4.69, 9.17) is 4.74 Å². The molecule has 1 heterocycles. The summed E-state index contributed by atoms with van der Waals surface area (Å²) < 4.78 is 19.7. The molecule has 0 atom stereocenters. The molecule has 1 aliphatic heterocycles. The van der Waals surface area contributed by atoms with E-state index in [1.54, 1.807) is 6.07 Å². The number of rotatable bonds is 5. The van der Waals surface area contributed by atoms with Crippen LogP contribution in [0.1, 0.15) is 18.4 Å². The van der Waals surface area contributed by atoms with Crippen LogP contribution in [0.5, 0.6) is 0 Å². The van der Waals surface area contributed by atoms with Gasteiger partial charge in [-0.05, 0) is 25.0 Å². The number of hydrogen-bond donors (Lipinski definition) is 2. The first-order chi connectivity index (χ1) is 9.15. The molecule has 0 radical (unpaired) electrons. The summed E-state index contributed by atoms with van der Waals surface area (Å²) in [6.45, 7) is 2.68. The van der Waals surface area contributed by atoms with Crippen LogP contribution in [-0.2, 0) is 11.3 Å². The van der Waals surface area contributed by atoms with Gasteiger partial charge in [-0.15, -0.1) is 0 Å². The summed E-state index contributed by atoms with van der Waals surface area (Å²) in [7, 11) is 0. The van der Waals surface area contributed by atoms with Gasteiger partial charge in [0.05, 0.1) is 6.61 Å². The number of aliphatic hydroxyl groups is 1. The van der Waals surface area contributed by atoms with Gasteiger partial charge in [0.15, 0.2) is 0 Å². The second kappa shape index (κ2) is 6.79. The van der Waals surface area contributed by atoms with Crippen molar-refractivity contribution < 1.29 is 14.2 Å². The van der Waals surface area contributed by atoms with Crippen molar-refractivity contribution >= 4 is 15.9 Å². The summed E-state index contributed by atoms with van der Waals surface area (Å²) in [4.78, 5) is 0. The standard InChI is InChI=1S/C14H19BrFNO2/c15-12-2-1-11(13(16)7-12)8-17-9-14(10-18)3-5-19-6-4-14/h1-2,7,17-18H,3-6,8-10H2. The summed E-state index contributed by atoms with van der Waals surface area (Å²) in [5.41, 5.74) is 0.521. The third-order valence-corrected chi connectivity index (χ3v) is 4.21. The molecule has 0 spiro atoms. The smallest absolute Gasteiger partial charge is 0.128 e. The van der Waals surface area contributed by atoms with Gasteiger partial charge in [-0.1, -0.05) is 22.0 Å². The molecule has 2 rings (SSSR count). The second-order valence-corrected chi connectivity index (χ2v) is 6.03. The van der Waals surface area contributed by atoms with Crippen molar-refractivity contribution in [3.63, 3.8) is 0 Å². The predicted molar refractivity (Wildman–Crippen MR) is 75.4 cm³/mol. The van der Waals surface area contributed by atoms with Crippen LogP contribution in [0.3, 0.4) is 0 Å². The fourth-order valence-corrected chi connectivity index (χ4v) is 2.66. The van der Waals surface area contributed by atoms with Gasteiger partial charge in [-0.2, -0.15) is 0 Å². The summed E-state index contributed by atoms with van der Waals surface area (Å²) in [5.74, 6) is -0.216. The molecule has 0 aliphatic carbocycles. The van der Waals surface area contributed by atoms with E-state index in [9.17, 15) is 9.50 Å². The molecule has 0 aromatic heterocycles. The number of benzene rings is 1. The molecule has 1 saturated heterocycles. The molecular formula is C14H19BrFNO2. The zero-order valence-electron chi connectivity index (χ0n) is 10.8. The van der Waals surface area contributed by atoms with Crippen molar-refractivity contribution in [2.75, 3.05) is 26.4 Å². The molecule has 2 N–H and O–H groups in total. The van der Waals surface area contributed by atoms with Crippen LogP contribution in [0.2, 0.25) is 0 Å². The van der Waals surface area contributed by atoms with Gasteiger partial charge in [-0.3, -0.25) is 0 Å². The van der Waals surface area contributed by atoms with Gasteiger partial charge in [0.2, 0.25) is 0 Å². The molecule has 1 aromatic rings. The van der Waals surface area contributed by atoms with Gasteiger partial charge in [0.25, 0.3) is 0 Å². The first-order valence-electron chi connectivity index (χ1n) is 6.48. The molecule has 0 unspecified atom stereocenters. The van der Waals surface area contributed by atoms with E-state index in [1.165, 1.54) is 6.07 Å². The largest absolute Gasteiger partial charge is 0.396 e. The summed E-state index contributed by atoms with van der Waals surface area (Å²) in [6, 6.07) is 5.06. The Morgan fingerprint density at radius 1 is 1.37 bits per heavy atom. The fourth-order valence-electron chi connectivity index (χ4n) is 2.32. The Morgan fingerprint density at radius 2 is 2.11 bits per heavy atom. The van der Waals surface area contributed by atoms with Crippen LogP contribution in [0.4, 0.5) is 4.39 Å². The van der Waals surface area contributed by atoms with E-state index in [1.807, 2.05) is 6.07 Å². The van der Waals surface area contributed by atoms with Crippen molar-refractivity contribution in [3.05, 3.63) is 34.1 Å². The maximum atomic E-state index is 13.7. The highest BCUT2D eigenvalue weighted by molar-refractivity contribution is 9.10. The molecular weight excluding hydrogens is 313 g/mol. The molecule has 1 fully saturated rings. The Labute approximate surface area is 121 Å². The topological polar surface area (TPSA) is 41.5 Å². The van der Waals surface area contributed by atoms with Crippen LogP contribution in [0.25, 0.3) is 0 Å². The van der Waals surface area contributed by atoms with Crippen LogP contribution in [0.15, 0.2) is 22.7 Å². The van der Waals surface area contributed by atoms with Crippen LogP contribution in [-0.4, -0.2) is 31.5 Å². The molecule has 5 heteroatoms. The third-order valence-electron chi connectivity index (χ3n) is 3.72. The van der Waals surface area contributed by atoms with E-state index in [0.717, 1.165) is 17.3 Å². The Morgan fingerprint density at radius 3 is 2.74 bits per heavy atom. The molecule has 19 heavy (non-hydrogen) atoms. The lowest BCUT2D eigenvalue weighted by atomic mass is 9.81. The highest BCUT2D eigenvalue weighted by Gasteiger charge is 2.31. The van der Waals surface area contributed by atoms with Gasteiger partial charge in [0.1, 0.15) is 5.82 Å². The zero-order valence-corrected chi connectivity index (χ0v) is 12.4. The Balaban J connectivity index is 1.88. The Bertz CT molecular complexity index is 422. The van der Waals surface area contributed by atoms with Gasteiger partial charge < -0.3 is 15.2 Å². The number of halogens is 2. The van der Waals surface area contributed by atoms with Gasteiger partial charge in [-0.25, -0.2) is 4.39 Å². The lowest BCUT2D eigenvalue weighted by molar-refractivity contribution is -0.0154. The predicted octanol–water partition coefficient (Wildman–Crippen LogP) is 2.47. The minimum atomic E-state index is -0.216. The monoisotopic (exact) mass is 331 g/mol. The van der Waals surface area contributed by atoms with Crippen molar-refractivity contribution in [2.24, 2.45) is 5.41 Å². The van der Waals surface area contributed by atoms with Crippen LogP contribution in [0, 0.1) is 11.2 Å². The number of aliphatic hydroxyl groups excluding tert-OH is 1. The molecule has 1 aliphatic rings. The third kappa shape index (κ3) is 3.99. The molecule has 0 bridgehead atoms. The van der Waals surface area contributed by atoms with E-state index >= 15 is 0 Å². The van der Waals surface area contributed by atoms with Crippen molar-refractivity contribution in [1.29, 1.82) is 0 Å². The second-order valence-electron chi connectivity index (χ2n) is 5.11. The molecule has 1 aromatic carbocycles. The average Bonchev–Trinajstić information content (AvgIpc) is 2.42. The van der Waals surface area contributed by atoms with Crippen molar-refractivity contribution in [3.8, 4) is 0 Å². The average molecular weight is 332 g/mol. The Hall–Kier alpha value is -0.490. The van der Waals surface area contributed by atoms with Gasteiger partial charge in [0, 0.05) is 41.8 Å². The normalized spacial score (nSPS) is 18.5. The first-order valence-corrected chi connectivity index (χ1v) is 7.28. The minimum absolute atomic E-state index is 0.121. The summed E-state index contributed by atoms with van der Waals surface area (Å²) in [6.07, 6.45) is 1.69. The molecule has 0 amide bonds. The number of ether oxygens (including phenoxy) is 1. The van der Waals surface area contributed by atoms with E-state index in [0.29, 0.717) is 31.9 Å². The SMILES string of the molecule is OCC1(CNCc2ccc(Br)cc2F)CCOCC1. The fraction of sp³-hybridized carbons (Fsp3) is 0.571. The quantitative estimate of drug-likeness (QED) is 0.870. The molecule has 106 valence electrons. The maximum Gasteiger partial charge on any atom is 0.128 e. The molecule has 3 nitrogen and oxygen atoms in total. The summed E-state index contributed by atoms with van der Waals surface area (Å²) in [5, 5.41) is 12.8. The van der Waals surface area contributed by atoms with Crippen molar-refractivity contribution in [1.82, 2.24) is 5.32 Å². The summed E-state index contributed by atoms with van der Waals surface area (Å²) >= 11 is 3.24. The maximum absolute atomic E-state index is 13.7. The van der Waals surface area contributed by atoms with Crippen LogP contribution >= 0.6 is 15.9 Å². The van der Waals surface area contributed by atoms with E-state index in [2.05, 4.69) is 21.2 Å². The first kappa shape index (κ1) is 14.9. The highest BCUT2D eigenvalue weighted by atomic mass is 79.9. The Kier molecular flexibility index (Phi) is 5.33. The number of hydrogen-bond acceptors (Lipinski definition) is 3.